The van der Waals surface area contributed by atoms with Crippen molar-refractivity contribution < 1.29 is 19.4 Å². The van der Waals surface area contributed by atoms with Crippen LogP contribution in [-0.4, -0.2) is 44.2 Å². The molecule has 1 aliphatic rings. The van der Waals surface area contributed by atoms with Crippen molar-refractivity contribution in [3.8, 4) is 0 Å². The average molecular weight is 433 g/mol. The van der Waals surface area contributed by atoms with Crippen LogP contribution < -0.4 is 5.56 Å². The number of carboxylic acid groups (broad SMARTS) is 1. The Bertz CT molecular complexity index is 1240. The Balaban J connectivity index is 1.55. The lowest BCUT2D eigenvalue weighted by molar-refractivity contribution is 0.0688. The standard InChI is InChI=1S/C24H23N3O5/c1-16(27-20-12-6-5-11-19(20)25-21(22(27)28)23(29)30)14-18-10-7-13-26(18)24(31)32-15-17-8-3-2-4-9-17/h2-12,16,18H,13-15H2,1H3,(H,29,30)/t16-,18+/m0/s1. The summed E-state index contributed by atoms with van der Waals surface area (Å²) in [6.45, 7) is 2.42. The van der Waals surface area contributed by atoms with E-state index in [0.29, 0.717) is 24.0 Å². The van der Waals surface area contributed by atoms with Crippen LogP contribution in [0.3, 0.4) is 0 Å². The highest BCUT2D eigenvalue weighted by Crippen LogP contribution is 2.24. The molecule has 8 heteroatoms. The minimum absolute atomic E-state index is 0.175. The maximum Gasteiger partial charge on any atom is 0.410 e. The molecule has 1 amide bonds. The van der Waals surface area contributed by atoms with E-state index in [1.54, 1.807) is 29.2 Å². The van der Waals surface area contributed by atoms with E-state index in [2.05, 4.69) is 4.98 Å². The highest BCUT2D eigenvalue weighted by atomic mass is 16.6. The second-order valence-corrected chi connectivity index (χ2v) is 7.70. The van der Waals surface area contributed by atoms with E-state index >= 15 is 0 Å². The molecular weight excluding hydrogens is 410 g/mol. The summed E-state index contributed by atoms with van der Waals surface area (Å²) in [6.07, 6.45) is 3.78. The number of carbonyl (C=O) groups excluding carboxylic acids is 1. The molecule has 4 rings (SSSR count). The van der Waals surface area contributed by atoms with Gasteiger partial charge in [-0.2, -0.15) is 0 Å². The molecule has 0 fully saturated rings. The molecule has 1 aliphatic heterocycles. The van der Waals surface area contributed by atoms with Crippen molar-refractivity contribution in [3.63, 3.8) is 0 Å². The summed E-state index contributed by atoms with van der Waals surface area (Å²) in [6, 6.07) is 15.7. The highest BCUT2D eigenvalue weighted by Gasteiger charge is 2.29. The molecule has 0 saturated carbocycles. The van der Waals surface area contributed by atoms with Crippen LogP contribution in [0.15, 0.2) is 71.5 Å². The summed E-state index contributed by atoms with van der Waals surface area (Å²) >= 11 is 0. The molecule has 0 aliphatic carbocycles. The van der Waals surface area contributed by atoms with Gasteiger partial charge >= 0.3 is 12.1 Å². The van der Waals surface area contributed by atoms with Gasteiger partial charge in [0.15, 0.2) is 0 Å². The van der Waals surface area contributed by atoms with Crippen molar-refractivity contribution in [1.29, 1.82) is 0 Å². The van der Waals surface area contributed by atoms with Crippen LogP contribution in [0.2, 0.25) is 0 Å². The van der Waals surface area contributed by atoms with Gasteiger partial charge in [0, 0.05) is 12.6 Å². The predicted octanol–water partition coefficient (Wildman–Crippen LogP) is 3.62. The minimum Gasteiger partial charge on any atom is -0.476 e. The molecule has 0 saturated heterocycles. The van der Waals surface area contributed by atoms with E-state index in [-0.39, 0.29) is 18.7 Å². The molecular formula is C24H23N3O5. The Morgan fingerprint density at radius 3 is 2.62 bits per heavy atom. The number of hydrogen-bond acceptors (Lipinski definition) is 5. The van der Waals surface area contributed by atoms with Gasteiger partial charge in [0.05, 0.1) is 17.1 Å². The summed E-state index contributed by atoms with van der Waals surface area (Å²) in [7, 11) is 0. The van der Waals surface area contributed by atoms with E-state index in [9.17, 15) is 19.5 Å². The van der Waals surface area contributed by atoms with E-state index in [4.69, 9.17) is 4.74 Å². The Labute approximate surface area is 184 Å². The molecule has 0 unspecified atom stereocenters. The smallest absolute Gasteiger partial charge is 0.410 e. The molecule has 2 aromatic carbocycles. The van der Waals surface area contributed by atoms with Crippen molar-refractivity contribution >= 4 is 23.1 Å². The number of ether oxygens (including phenoxy) is 1. The van der Waals surface area contributed by atoms with Crippen molar-refractivity contribution in [3.05, 3.63) is 88.4 Å². The summed E-state index contributed by atoms with van der Waals surface area (Å²) in [5, 5.41) is 9.43. The molecule has 0 bridgehead atoms. The van der Waals surface area contributed by atoms with Crippen LogP contribution in [0, 0.1) is 0 Å². The fourth-order valence-electron chi connectivity index (χ4n) is 3.97. The minimum atomic E-state index is -1.37. The monoisotopic (exact) mass is 433 g/mol. The molecule has 0 spiro atoms. The Morgan fingerprint density at radius 1 is 1.16 bits per heavy atom. The third-order valence-corrected chi connectivity index (χ3v) is 5.52. The van der Waals surface area contributed by atoms with Crippen LogP contribution in [0.25, 0.3) is 11.0 Å². The third-order valence-electron chi connectivity index (χ3n) is 5.52. The number of hydrogen-bond donors (Lipinski definition) is 1. The Kier molecular flexibility index (Phi) is 6.02. The van der Waals surface area contributed by atoms with Gasteiger partial charge in [-0.25, -0.2) is 14.6 Å². The first-order chi connectivity index (χ1) is 15.5. The maximum atomic E-state index is 12.9. The van der Waals surface area contributed by atoms with E-state index in [0.717, 1.165) is 5.56 Å². The number of para-hydroxylation sites is 2. The normalized spacial score (nSPS) is 16.3. The summed E-state index contributed by atoms with van der Waals surface area (Å²) in [4.78, 5) is 42.8. The van der Waals surface area contributed by atoms with Crippen molar-refractivity contribution in [2.24, 2.45) is 0 Å². The quantitative estimate of drug-likeness (QED) is 0.596. The van der Waals surface area contributed by atoms with Gasteiger partial charge in [-0.15, -0.1) is 0 Å². The van der Waals surface area contributed by atoms with Crippen LogP contribution in [0.4, 0.5) is 4.79 Å². The van der Waals surface area contributed by atoms with Gasteiger partial charge in [0.25, 0.3) is 5.56 Å². The van der Waals surface area contributed by atoms with Gasteiger partial charge in [-0.3, -0.25) is 9.69 Å². The van der Waals surface area contributed by atoms with Crippen molar-refractivity contribution in [2.45, 2.75) is 32.0 Å². The van der Waals surface area contributed by atoms with E-state index in [1.165, 1.54) is 4.57 Å². The zero-order valence-electron chi connectivity index (χ0n) is 17.5. The fraction of sp³-hybridized carbons (Fsp3) is 0.250. The first-order valence-corrected chi connectivity index (χ1v) is 10.3. The number of amides is 1. The summed E-state index contributed by atoms with van der Waals surface area (Å²) in [5.74, 6) is -1.37. The molecule has 32 heavy (non-hydrogen) atoms. The lowest BCUT2D eigenvalue weighted by atomic mass is 10.1. The van der Waals surface area contributed by atoms with Crippen LogP contribution in [0.1, 0.15) is 35.4 Å². The Morgan fingerprint density at radius 2 is 1.88 bits per heavy atom. The molecule has 1 N–H and O–H groups in total. The number of fused-ring (bicyclic) bond motifs is 1. The van der Waals surface area contributed by atoms with Crippen LogP contribution in [0.5, 0.6) is 0 Å². The van der Waals surface area contributed by atoms with Crippen LogP contribution in [-0.2, 0) is 11.3 Å². The zero-order chi connectivity index (χ0) is 22.7. The number of rotatable bonds is 6. The SMILES string of the molecule is C[C@@H](C[C@H]1C=CCN1C(=O)OCc1ccccc1)n1c(=O)c(C(=O)O)nc2ccccc21. The third kappa shape index (κ3) is 4.25. The lowest BCUT2D eigenvalue weighted by Gasteiger charge is -2.27. The largest absolute Gasteiger partial charge is 0.476 e. The molecule has 2 heterocycles. The molecule has 164 valence electrons. The topological polar surface area (TPSA) is 102 Å². The highest BCUT2D eigenvalue weighted by molar-refractivity contribution is 5.88. The fourth-order valence-corrected chi connectivity index (χ4v) is 3.97. The molecule has 2 atom stereocenters. The first-order valence-electron chi connectivity index (χ1n) is 10.3. The number of carboxylic acids is 1. The molecule has 3 aromatic rings. The number of aromatic nitrogens is 2. The van der Waals surface area contributed by atoms with Gasteiger partial charge in [-0.1, -0.05) is 54.6 Å². The number of nitrogens with zero attached hydrogens (tertiary/aromatic N) is 3. The zero-order valence-corrected chi connectivity index (χ0v) is 17.5. The lowest BCUT2D eigenvalue weighted by Crippen LogP contribution is -2.39. The number of aromatic carboxylic acids is 1. The van der Waals surface area contributed by atoms with Gasteiger partial charge in [0.1, 0.15) is 6.61 Å². The van der Waals surface area contributed by atoms with Gasteiger partial charge < -0.3 is 14.4 Å². The molecule has 8 nitrogen and oxygen atoms in total. The van der Waals surface area contributed by atoms with E-state index in [1.807, 2.05) is 49.4 Å². The average Bonchev–Trinajstić information content (AvgIpc) is 3.25. The second-order valence-electron chi connectivity index (χ2n) is 7.70. The van der Waals surface area contributed by atoms with E-state index < -0.39 is 23.3 Å². The Hall–Kier alpha value is -3.94. The maximum absolute atomic E-state index is 12.9. The van der Waals surface area contributed by atoms with Gasteiger partial charge in [0.2, 0.25) is 5.69 Å². The number of carbonyl (C=O) groups is 2. The number of benzene rings is 2. The molecule has 1 aromatic heterocycles. The van der Waals surface area contributed by atoms with Crippen molar-refractivity contribution in [2.75, 3.05) is 6.54 Å². The van der Waals surface area contributed by atoms with Crippen molar-refractivity contribution in [1.82, 2.24) is 14.5 Å². The summed E-state index contributed by atoms with van der Waals surface area (Å²) in [5.41, 5.74) is 0.696. The van der Waals surface area contributed by atoms with Gasteiger partial charge in [-0.05, 0) is 31.0 Å². The summed E-state index contributed by atoms with van der Waals surface area (Å²) < 4.78 is 6.91. The first kappa shape index (κ1) is 21.3. The predicted molar refractivity (Wildman–Crippen MR) is 119 cm³/mol. The van der Waals surface area contributed by atoms with Crippen LogP contribution >= 0.6 is 0 Å². The second kappa shape index (κ2) is 9.05. The molecule has 0 radical (unpaired) electrons.